The molecule has 1 aromatic heterocycles. The highest BCUT2D eigenvalue weighted by Crippen LogP contribution is 2.30. The molecule has 2 amide bonds. The Hall–Kier alpha value is -2.90. The lowest BCUT2D eigenvalue weighted by Gasteiger charge is -2.33. The van der Waals surface area contributed by atoms with Gasteiger partial charge in [0.15, 0.2) is 11.8 Å². The van der Waals surface area contributed by atoms with Crippen molar-refractivity contribution < 1.29 is 14.3 Å². The standard InChI is InChI=1S/C21H27N5O3/c1-14(2)12-22-20(27)17-13-26(24-23-17)16-7-9-25(10-8-16)21(28)19-11-15-5-3-4-6-18(15)29-19/h3-6,13-14,16,19H,7-12H2,1-2H3,(H,22,27)/t19-/m0/s1. The lowest BCUT2D eigenvalue weighted by Crippen LogP contribution is -2.45. The molecule has 8 nitrogen and oxygen atoms in total. The van der Waals surface area contributed by atoms with Crippen LogP contribution in [0.15, 0.2) is 30.5 Å². The number of likely N-dealkylation sites (tertiary alicyclic amines) is 1. The number of amides is 2. The van der Waals surface area contributed by atoms with Crippen LogP contribution in [0.3, 0.4) is 0 Å². The molecule has 29 heavy (non-hydrogen) atoms. The third kappa shape index (κ3) is 4.26. The van der Waals surface area contributed by atoms with Crippen LogP contribution in [0, 0.1) is 5.92 Å². The second kappa shape index (κ2) is 8.23. The van der Waals surface area contributed by atoms with Crippen LogP contribution in [-0.4, -0.2) is 57.4 Å². The third-order valence-electron chi connectivity index (χ3n) is 5.49. The fraction of sp³-hybridized carbons (Fsp3) is 0.524. The molecule has 8 heteroatoms. The Kier molecular flexibility index (Phi) is 5.51. The van der Waals surface area contributed by atoms with Crippen molar-refractivity contribution >= 4 is 11.8 Å². The van der Waals surface area contributed by atoms with E-state index in [1.807, 2.05) is 43.0 Å². The number of aromatic nitrogens is 3. The Morgan fingerprint density at radius 2 is 2.00 bits per heavy atom. The minimum Gasteiger partial charge on any atom is -0.480 e. The van der Waals surface area contributed by atoms with Gasteiger partial charge in [-0.2, -0.15) is 0 Å². The van der Waals surface area contributed by atoms with Gasteiger partial charge in [-0.1, -0.05) is 37.3 Å². The van der Waals surface area contributed by atoms with Gasteiger partial charge in [0.05, 0.1) is 12.2 Å². The second-order valence-corrected chi connectivity index (χ2v) is 8.16. The van der Waals surface area contributed by atoms with Crippen LogP contribution in [0.1, 0.15) is 48.8 Å². The number of hydrogen-bond donors (Lipinski definition) is 1. The minimum absolute atomic E-state index is 0.0481. The molecule has 154 valence electrons. The summed E-state index contributed by atoms with van der Waals surface area (Å²) in [5.41, 5.74) is 1.42. The summed E-state index contributed by atoms with van der Waals surface area (Å²) < 4.78 is 7.60. The average Bonchev–Trinajstić information content (AvgIpc) is 3.39. The summed E-state index contributed by atoms with van der Waals surface area (Å²) in [5, 5.41) is 11.0. The van der Waals surface area contributed by atoms with Crippen molar-refractivity contribution in [3.63, 3.8) is 0 Å². The number of para-hydroxylation sites is 1. The normalized spacial score (nSPS) is 19.1. The summed E-state index contributed by atoms with van der Waals surface area (Å²) in [7, 11) is 0. The molecular formula is C21H27N5O3. The molecule has 1 fully saturated rings. The number of hydrogen-bond acceptors (Lipinski definition) is 5. The van der Waals surface area contributed by atoms with Crippen LogP contribution in [0.2, 0.25) is 0 Å². The van der Waals surface area contributed by atoms with Crippen LogP contribution in [0.4, 0.5) is 0 Å². The first-order valence-corrected chi connectivity index (χ1v) is 10.2. The highest BCUT2D eigenvalue weighted by Gasteiger charge is 2.34. The van der Waals surface area contributed by atoms with Gasteiger partial charge in [0.1, 0.15) is 5.75 Å². The molecule has 0 spiro atoms. The topological polar surface area (TPSA) is 89.4 Å². The van der Waals surface area contributed by atoms with Crippen LogP contribution in [0.25, 0.3) is 0 Å². The number of carbonyl (C=O) groups is 2. The first-order chi connectivity index (χ1) is 14.0. The number of ether oxygens (including phenoxy) is 1. The van der Waals surface area contributed by atoms with Gasteiger partial charge in [-0.05, 0) is 30.4 Å². The van der Waals surface area contributed by atoms with Gasteiger partial charge >= 0.3 is 0 Å². The van der Waals surface area contributed by atoms with Gasteiger partial charge in [0.2, 0.25) is 0 Å². The Morgan fingerprint density at radius 3 is 2.72 bits per heavy atom. The molecule has 1 N–H and O–H groups in total. The van der Waals surface area contributed by atoms with Crippen LogP contribution < -0.4 is 10.1 Å². The minimum atomic E-state index is -0.424. The SMILES string of the molecule is CC(C)CNC(=O)c1cn(C2CCN(C(=O)[C@@H]3Cc4ccccc4O3)CC2)nn1. The van der Waals surface area contributed by atoms with Crippen molar-refractivity contribution in [3.8, 4) is 5.75 Å². The Labute approximate surface area is 170 Å². The maximum Gasteiger partial charge on any atom is 0.273 e. The largest absolute Gasteiger partial charge is 0.480 e. The van der Waals surface area contributed by atoms with E-state index in [0.717, 1.165) is 24.2 Å². The Morgan fingerprint density at radius 1 is 1.24 bits per heavy atom. The quantitative estimate of drug-likeness (QED) is 0.831. The molecule has 2 aliphatic heterocycles. The highest BCUT2D eigenvalue weighted by atomic mass is 16.5. The predicted molar refractivity (Wildman–Crippen MR) is 107 cm³/mol. The number of piperidine rings is 1. The van der Waals surface area contributed by atoms with E-state index in [2.05, 4.69) is 15.6 Å². The maximum absolute atomic E-state index is 12.8. The smallest absolute Gasteiger partial charge is 0.273 e. The van der Waals surface area contributed by atoms with Crippen LogP contribution in [0.5, 0.6) is 5.75 Å². The first kappa shape index (κ1) is 19.4. The van der Waals surface area contributed by atoms with Gasteiger partial charge in [-0.25, -0.2) is 4.68 Å². The van der Waals surface area contributed by atoms with Gasteiger partial charge in [0.25, 0.3) is 11.8 Å². The molecule has 0 unspecified atom stereocenters. The summed E-state index contributed by atoms with van der Waals surface area (Å²) in [6, 6.07) is 7.95. The van der Waals surface area contributed by atoms with E-state index < -0.39 is 6.10 Å². The first-order valence-electron chi connectivity index (χ1n) is 10.2. The van der Waals surface area contributed by atoms with Crippen molar-refractivity contribution in [2.24, 2.45) is 5.92 Å². The molecule has 0 radical (unpaired) electrons. The molecule has 3 heterocycles. The van der Waals surface area contributed by atoms with E-state index >= 15 is 0 Å². The predicted octanol–water partition coefficient (Wildman–Crippen LogP) is 1.83. The molecule has 1 aromatic carbocycles. The van der Waals surface area contributed by atoms with E-state index in [4.69, 9.17) is 4.74 Å². The maximum atomic E-state index is 12.8. The third-order valence-corrected chi connectivity index (χ3v) is 5.49. The van der Waals surface area contributed by atoms with E-state index in [1.54, 1.807) is 10.9 Å². The number of carbonyl (C=O) groups excluding carboxylic acids is 2. The van der Waals surface area contributed by atoms with Gasteiger partial charge in [-0.15, -0.1) is 5.10 Å². The molecule has 1 atom stereocenters. The lowest BCUT2D eigenvalue weighted by molar-refractivity contribution is -0.139. The molecule has 0 aliphatic carbocycles. The molecule has 2 aliphatic rings. The number of nitrogens with one attached hydrogen (secondary N) is 1. The fourth-order valence-corrected chi connectivity index (χ4v) is 3.82. The molecule has 0 bridgehead atoms. The molecule has 0 saturated carbocycles. The lowest BCUT2D eigenvalue weighted by atomic mass is 10.0. The molecular weight excluding hydrogens is 370 g/mol. The summed E-state index contributed by atoms with van der Waals surface area (Å²) in [5.74, 6) is 1.04. The molecule has 4 rings (SSSR count). The van der Waals surface area contributed by atoms with Crippen molar-refractivity contribution in [1.29, 1.82) is 0 Å². The number of benzene rings is 1. The monoisotopic (exact) mass is 397 g/mol. The fourth-order valence-electron chi connectivity index (χ4n) is 3.82. The second-order valence-electron chi connectivity index (χ2n) is 8.16. The van der Waals surface area contributed by atoms with Gasteiger partial charge < -0.3 is 15.0 Å². The summed E-state index contributed by atoms with van der Waals surface area (Å²) in [6.07, 6.45) is 3.47. The van der Waals surface area contributed by atoms with Crippen molar-refractivity contribution in [1.82, 2.24) is 25.2 Å². The zero-order chi connectivity index (χ0) is 20.4. The van der Waals surface area contributed by atoms with Crippen LogP contribution >= 0.6 is 0 Å². The van der Waals surface area contributed by atoms with Gasteiger partial charge in [0, 0.05) is 26.1 Å². The Bertz CT molecular complexity index is 861. The van der Waals surface area contributed by atoms with E-state index in [0.29, 0.717) is 37.7 Å². The molecule has 1 saturated heterocycles. The zero-order valence-electron chi connectivity index (χ0n) is 16.9. The summed E-state index contributed by atoms with van der Waals surface area (Å²) in [4.78, 5) is 26.9. The summed E-state index contributed by atoms with van der Waals surface area (Å²) >= 11 is 0. The molecule has 2 aromatic rings. The zero-order valence-corrected chi connectivity index (χ0v) is 16.9. The number of rotatable bonds is 5. The van der Waals surface area contributed by atoms with Crippen molar-refractivity contribution in [2.75, 3.05) is 19.6 Å². The average molecular weight is 397 g/mol. The van der Waals surface area contributed by atoms with Gasteiger partial charge in [-0.3, -0.25) is 9.59 Å². The van der Waals surface area contributed by atoms with E-state index in [1.165, 1.54) is 0 Å². The van der Waals surface area contributed by atoms with Crippen molar-refractivity contribution in [3.05, 3.63) is 41.7 Å². The highest BCUT2D eigenvalue weighted by molar-refractivity contribution is 5.91. The van der Waals surface area contributed by atoms with Crippen molar-refractivity contribution in [2.45, 2.75) is 45.3 Å². The van der Waals surface area contributed by atoms with Crippen LogP contribution in [-0.2, 0) is 11.2 Å². The number of nitrogens with zero attached hydrogens (tertiary/aromatic N) is 4. The Balaban J connectivity index is 1.30. The van der Waals surface area contributed by atoms with E-state index in [-0.39, 0.29) is 17.9 Å². The number of fused-ring (bicyclic) bond motifs is 1. The summed E-state index contributed by atoms with van der Waals surface area (Å²) in [6.45, 7) is 5.99. The van der Waals surface area contributed by atoms with E-state index in [9.17, 15) is 9.59 Å².